The molecule has 0 radical (unpaired) electrons. The monoisotopic (exact) mass is 496 g/mol. The summed E-state index contributed by atoms with van der Waals surface area (Å²) in [4.78, 5) is 29.1. The Hall–Kier alpha value is -4.05. The van der Waals surface area contributed by atoms with Gasteiger partial charge in [-0.2, -0.15) is 0 Å². The quantitative estimate of drug-likeness (QED) is 0.325. The van der Waals surface area contributed by atoms with Crippen LogP contribution in [0.1, 0.15) is 39.2 Å². The molecule has 1 N–H and O–H groups in total. The van der Waals surface area contributed by atoms with Gasteiger partial charge in [0.2, 0.25) is 0 Å². The summed E-state index contributed by atoms with van der Waals surface area (Å²) >= 11 is 1.26. The van der Waals surface area contributed by atoms with Crippen molar-refractivity contribution in [3.8, 4) is 17.2 Å². The molecule has 4 aromatic rings. The molecule has 0 fully saturated rings. The van der Waals surface area contributed by atoms with Crippen LogP contribution in [0.5, 0.6) is 17.2 Å². The molecule has 0 aliphatic rings. The van der Waals surface area contributed by atoms with Crippen LogP contribution in [-0.2, 0) is 11.2 Å². The van der Waals surface area contributed by atoms with Gasteiger partial charge in [0, 0.05) is 24.1 Å². The van der Waals surface area contributed by atoms with Crippen LogP contribution in [0.2, 0.25) is 0 Å². The number of anilines is 1. The Labute approximate surface area is 205 Å². The molecular weight excluding hydrogens is 472 g/mol. The number of esters is 1. The number of nitrogens with one attached hydrogen (secondary N) is 1. The van der Waals surface area contributed by atoms with Crippen molar-refractivity contribution >= 4 is 38.6 Å². The second-order valence-electron chi connectivity index (χ2n) is 7.33. The van der Waals surface area contributed by atoms with Crippen LogP contribution in [-0.4, -0.2) is 44.8 Å². The third-order valence-corrected chi connectivity index (χ3v) is 6.11. The number of hydrogen-bond donors (Lipinski definition) is 1. The van der Waals surface area contributed by atoms with Crippen molar-refractivity contribution in [1.29, 1.82) is 0 Å². The van der Waals surface area contributed by atoms with E-state index in [1.165, 1.54) is 11.3 Å². The van der Waals surface area contributed by atoms with Crippen molar-refractivity contribution in [2.75, 3.05) is 33.3 Å². The minimum absolute atomic E-state index is 0.137. The van der Waals surface area contributed by atoms with Crippen LogP contribution in [0.15, 0.2) is 46.9 Å². The standard InChI is InChI=1S/C25H24N2O7S/c1-5-33-24(29)14-6-8-18-22(10-14)35-25(26-18)27-23(28)19-9-7-15(34-19)11-17-20(31-3)12-16(30-2)13-21(17)32-4/h6-10,12-13H,5,11H2,1-4H3,(H,26,27,28). The predicted molar refractivity (Wildman–Crippen MR) is 131 cm³/mol. The van der Waals surface area contributed by atoms with E-state index >= 15 is 0 Å². The second-order valence-corrected chi connectivity index (χ2v) is 8.36. The average Bonchev–Trinajstić information content (AvgIpc) is 3.50. The molecule has 4 rings (SSSR count). The van der Waals surface area contributed by atoms with Crippen molar-refractivity contribution in [2.45, 2.75) is 13.3 Å². The number of thiazole rings is 1. The summed E-state index contributed by atoms with van der Waals surface area (Å²) in [5.41, 5.74) is 1.86. The van der Waals surface area contributed by atoms with E-state index in [-0.39, 0.29) is 5.76 Å². The van der Waals surface area contributed by atoms with E-state index in [1.54, 1.807) is 70.7 Å². The topological polar surface area (TPSA) is 109 Å². The predicted octanol–water partition coefficient (Wildman–Crippen LogP) is 4.93. The van der Waals surface area contributed by atoms with Gasteiger partial charge in [-0.1, -0.05) is 11.3 Å². The fraction of sp³-hybridized carbons (Fsp3) is 0.240. The molecule has 0 unspecified atom stereocenters. The molecule has 0 saturated heterocycles. The summed E-state index contributed by atoms with van der Waals surface area (Å²) in [5, 5.41) is 3.14. The lowest BCUT2D eigenvalue weighted by Gasteiger charge is -2.14. The summed E-state index contributed by atoms with van der Waals surface area (Å²) in [6.45, 7) is 2.05. The highest BCUT2D eigenvalue weighted by Crippen LogP contribution is 2.36. The molecule has 0 spiro atoms. The maximum Gasteiger partial charge on any atom is 0.338 e. The van der Waals surface area contributed by atoms with E-state index in [2.05, 4.69) is 10.3 Å². The lowest BCUT2D eigenvalue weighted by atomic mass is 10.1. The lowest BCUT2D eigenvalue weighted by molar-refractivity contribution is 0.0526. The van der Waals surface area contributed by atoms with Crippen molar-refractivity contribution in [3.05, 3.63) is 65.1 Å². The zero-order valence-electron chi connectivity index (χ0n) is 19.7. The number of fused-ring (bicyclic) bond motifs is 1. The fourth-order valence-electron chi connectivity index (χ4n) is 3.50. The number of benzene rings is 2. The van der Waals surface area contributed by atoms with Gasteiger partial charge >= 0.3 is 5.97 Å². The van der Waals surface area contributed by atoms with E-state index in [9.17, 15) is 9.59 Å². The highest BCUT2D eigenvalue weighted by atomic mass is 32.1. The maximum atomic E-state index is 12.8. The Kier molecular flexibility index (Phi) is 7.21. The molecule has 2 aromatic carbocycles. The van der Waals surface area contributed by atoms with E-state index in [0.717, 1.165) is 10.3 Å². The Balaban J connectivity index is 1.50. The number of methoxy groups -OCH3 is 3. The Morgan fingerprint density at radius 3 is 2.40 bits per heavy atom. The minimum atomic E-state index is -0.436. The number of carbonyl (C=O) groups excluding carboxylic acids is 2. The van der Waals surface area contributed by atoms with Gasteiger partial charge in [0.25, 0.3) is 5.91 Å². The van der Waals surface area contributed by atoms with Crippen molar-refractivity contribution in [1.82, 2.24) is 4.98 Å². The zero-order chi connectivity index (χ0) is 24.9. The average molecular weight is 497 g/mol. The number of furan rings is 1. The van der Waals surface area contributed by atoms with Crippen LogP contribution >= 0.6 is 11.3 Å². The smallest absolute Gasteiger partial charge is 0.338 e. The van der Waals surface area contributed by atoms with E-state index in [1.807, 2.05) is 0 Å². The molecule has 0 bridgehead atoms. The van der Waals surface area contributed by atoms with E-state index in [0.29, 0.717) is 52.2 Å². The molecule has 0 atom stereocenters. The maximum absolute atomic E-state index is 12.8. The number of nitrogens with zero attached hydrogens (tertiary/aromatic N) is 1. The highest BCUT2D eigenvalue weighted by molar-refractivity contribution is 7.22. The summed E-state index contributed by atoms with van der Waals surface area (Å²) in [6, 6.07) is 11.9. The largest absolute Gasteiger partial charge is 0.496 e. The Morgan fingerprint density at radius 1 is 1.00 bits per heavy atom. The Bertz CT molecular complexity index is 1350. The molecule has 0 aliphatic heterocycles. The van der Waals surface area contributed by atoms with E-state index in [4.69, 9.17) is 23.4 Å². The normalized spacial score (nSPS) is 10.7. The van der Waals surface area contributed by atoms with Crippen LogP contribution in [0, 0.1) is 0 Å². The summed E-state index contributed by atoms with van der Waals surface area (Å²) < 4.78 is 27.8. The van der Waals surface area contributed by atoms with Crippen LogP contribution < -0.4 is 19.5 Å². The number of amides is 1. The van der Waals surface area contributed by atoms with Gasteiger partial charge in [0.05, 0.1) is 43.7 Å². The van der Waals surface area contributed by atoms with Crippen molar-refractivity contribution in [3.63, 3.8) is 0 Å². The fourth-order valence-corrected chi connectivity index (χ4v) is 4.40. The first-order chi connectivity index (χ1) is 16.9. The first kappa shape index (κ1) is 24.1. The van der Waals surface area contributed by atoms with Gasteiger partial charge in [-0.25, -0.2) is 9.78 Å². The summed E-state index contributed by atoms with van der Waals surface area (Å²) in [7, 11) is 4.69. The molecular formula is C25H24N2O7S. The number of ether oxygens (including phenoxy) is 4. The first-order valence-corrected chi connectivity index (χ1v) is 11.5. The summed E-state index contributed by atoms with van der Waals surface area (Å²) in [6.07, 6.45) is 0.349. The molecule has 9 nitrogen and oxygen atoms in total. The van der Waals surface area contributed by atoms with Gasteiger partial charge in [-0.15, -0.1) is 0 Å². The van der Waals surface area contributed by atoms with Gasteiger partial charge < -0.3 is 23.4 Å². The third kappa shape index (κ3) is 5.22. The first-order valence-electron chi connectivity index (χ1n) is 10.7. The number of hydrogen-bond acceptors (Lipinski definition) is 9. The van der Waals surface area contributed by atoms with E-state index < -0.39 is 11.9 Å². The molecule has 0 saturated carbocycles. The number of aromatic nitrogens is 1. The minimum Gasteiger partial charge on any atom is -0.496 e. The van der Waals surface area contributed by atoms with Crippen LogP contribution in [0.25, 0.3) is 10.2 Å². The van der Waals surface area contributed by atoms with Crippen molar-refractivity contribution < 1.29 is 33.0 Å². The van der Waals surface area contributed by atoms with Crippen molar-refractivity contribution in [2.24, 2.45) is 0 Å². The molecule has 35 heavy (non-hydrogen) atoms. The highest BCUT2D eigenvalue weighted by Gasteiger charge is 2.19. The van der Waals surface area contributed by atoms with Crippen LogP contribution in [0.4, 0.5) is 5.13 Å². The summed E-state index contributed by atoms with van der Waals surface area (Å²) in [5.74, 6) is 1.63. The van der Waals surface area contributed by atoms with Gasteiger partial charge in [-0.3, -0.25) is 10.1 Å². The molecule has 0 aliphatic carbocycles. The molecule has 2 aromatic heterocycles. The van der Waals surface area contributed by atoms with Crippen LogP contribution in [0.3, 0.4) is 0 Å². The zero-order valence-corrected chi connectivity index (χ0v) is 20.5. The molecule has 1 amide bonds. The lowest BCUT2D eigenvalue weighted by Crippen LogP contribution is -2.10. The number of carbonyl (C=O) groups is 2. The third-order valence-electron chi connectivity index (χ3n) is 5.17. The second kappa shape index (κ2) is 10.5. The van der Waals surface area contributed by atoms with Gasteiger partial charge in [-0.05, 0) is 37.3 Å². The Morgan fingerprint density at radius 2 is 1.74 bits per heavy atom. The van der Waals surface area contributed by atoms with Gasteiger partial charge in [0.15, 0.2) is 10.9 Å². The molecule has 182 valence electrons. The van der Waals surface area contributed by atoms with Gasteiger partial charge in [0.1, 0.15) is 23.0 Å². The molecule has 2 heterocycles. The number of rotatable bonds is 9. The molecule has 10 heteroatoms. The SMILES string of the molecule is CCOC(=O)c1ccc2nc(NC(=O)c3ccc(Cc4c(OC)cc(OC)cc4OC)o3)sc2c1.